The normalized spacial score (nSPS) is 11.5. The summed E-state index contributed by atoms with van der Waals surface area (Å²) in [5.41, 5.74) is 18.5. The maximum absolute atomic E-state index is 6.59. The molecule has 0 radical (unpaired) electrons. The molecule has 2 heterocycles. The van der Waals surface area contributed by atoms with Crippen molar-refractivity contribution >= 4 is 66.5 Å². The van der Waals surface area contributed by atoms with Crippen molar-refractivity contribution in [2.24, 2.45) is 0 Å². The van der Waals surface area contributed by atoms with Crippen molar-refractivity contribution < 1.29 is 9.15 Å². The van der Waals surface area contributed by atoms with Gasteiger partial charge in [0, 0.05) is 39.3 Å². The maximum Gasteiger partial charge on any atom is 0.154 e. The molecule has 2 aromatic heterocycles. The number of nitrogens with two attached hydrogens (primary N) is 1. The topological polar surface area (TPSA) is 56.6 Å². The minimum Gasteiger partial charge on any atom is -0.486 e. The number of rotatable bonds is 8. The van der Waals surface area contributed by atoms with Gasteiger partial charge in [-0.3, -0.25) is 0 Å². The van der Waals surface area contributed by atoms with Crippen molar-refractivity contribution in [2.45, 2.75) is 6.61 Å². The molecule has 0 aliphatic carbocycles. The van der Waals surface area contributed by atoms with Crippen LogP contribution in [0.15, 0.2) is 192 Å². The number of hydrogen-bond acceptors (Lipinski definition) is 4. The summed E-state index contributed by atoms with van der Waals surface area (Å²) >= 11 is 0. The standard InChI is InChI=1S/C49H35N3O2/c50-41-29-30-45-48(49(41)53-32-33-13-4-1-5-14-33)40-28-27-38(31-46(40)54-45)51(37-25-23-35(24-26-37)34-15-6-2-7-16-34)43-21-12-22-44-47(43)39-19-10-11-20-42(39)52(44)36-17-8-3-9-18-36/h1-31H,32,50H2. The van der Waals surface area contributed by atoms with Gasteiger partial charge in [-0.05, 0) is 83.4 Å². The molecule has 258 valence electrons. The Morgan fingerprint density at radius 1 is 0.519 bits per heavy atom. The van der Waals surface area contributed by atoms with E-state index < -0.39 is 0 Å². The van der Waals surface area contributed by atoms with E-state index in [-0.39, 0.29) is 0 Å². The van der Waals surface area contributed by atoms with Crippen LogP contribution in [0.1, 0.15) is 5.56 Å². The van der Waals surface area contributed by atoms with E-state index in [9.17, 15) is 0 Å². The molecular weight excluding hydrogens is 663 g/mol. The zero-order chi connectivity index (χ0) is 36.0. The minimum atomic E-state index is 0.405. The lowest BCUT2D eigenvalue weighted by Crippen LogP contribution is -2.10. The average Bonchev–Trinajstić information content (AvgIpc) is 3.78. The van der Waals surface area contributed by atoms with Crippen molar-refractivity contribution in [1.82, 2.24) is 4.57 Å². The van der Waals surface area contributed by atoms with Crippen LogP contribution in [-0.2, 0) is 6.61 Å². The van der Waals surface area contributed by atoms with Crippen LogP contribution in [0.2, 0.25) is 0 Å². The summed E-state index contributed by atoms with van der Waals surface area (Å²) in [4.78, 5) is 2.34. The van der Waals surface area contributed by atoms with Gasteiger partial charge in [0.1, 0.15) is 17.8 Å². The number of benzene rings is 8. The molecule has 54 heavy (non-hydrogen) atoms. The fraction of sp³-hybridized carbons (Fsp3) is 0.0204. The molecule has 0 saturated heterocycles. The molecule has 5 heteroatoms. The average molecular weight is 698 g/mol. The number of anilines is 4. The van der Waals surface area contributed by atoms with Crippen molar-refractivity contribution in [2.75, 3.05) is 10.6 Å². The Morgan fingerprint density at radius 2 is 1.19 bits per heavy atom. The number of ether oxygens (including phenoxy) is 1. The summed E-state index contributed by atoms with van der Waals surface area (Å²) in [5, 5.41) is 4.16. The van der Waals surface area contributed by atoms with E-state index in [4.69, 9.17) is 14.9 Å². The first-order valence-electron chi connectivity index (χ1n) is 18.2. The highest BCUT2D eigenvalue weighted by atomic mass is 16.5. The zero-order valence-electron chi connectivity index (χ0n) is 29.4. The Kier molecular flexibility index (Phi) is 7.62. The van der Waals surface area contributed by atoms with Gasteiger partial charge in [0.25, 0.3) is 0 Å². The monoisotopic (exact) mass is 697 g/mol. The quantitative estimate of drug-likeness (QED) is 0.161. The van der Waals surface area contributed by atoms with Crippen LogP contribution in [0.25, 0.3) is 60.6 Å². The summed E-state index contributed by atoms with van der Waals surface area (Å²) < 4.78 is 15.3. The Bertz CT molecular complexity index is 2930. The second-order valence-corrected chi connectivity index (χ2v) is 13.5. The Morgan fingerprint density at radius 3 is 1.98 bits per heavy atom. The Labute approximate surface area is 312 Å². The predicted molar refractivity (Wildman–Crippen MR) is 223 cm³/mol. The fourth-order valence-electron chi connectivity index (χ4n) is 7.77. The van der Waals surface area contributed by atoms with Gasteiger partial charge in [0.2, 0.25) is 0 Å². The van der Waals surface area contributed by atoms with Gasteiger partial charge in [-0.25, -0.2) is 0 Å². The number of furan rings is 1. The summed E-state index contributed by atoms with van der Waals surface area (Å²) in [6.07, 6.45) is 0. The highest BCUT2D eigenvalue weighted by Gasteiger charge is 2.23. The van der Waals surface area contributed by atoms with E-state index >= 15 is 0 Å². The second kappa shape index (κ2) is 13.1. The van der Waals surface area contributed by atoms with Crippen LogP contribution in [-0.4, -0.2) is 4.57 Å². The largest absolute Gasteiger partial charge is 0.486 e. The van der Waals surface area contributed by atoms with Crippen LogP contribution in [0, 0.1) is 0 Å². The van der Waals surface area contributed by atoms with E-state index in [0.717, 1.165) is 72.2 Å². The van der Waals surface area contributed by atoms with Gasteiger partial charge in [0.15, 0.2) is 5.75 Å². The molecule has 0 saturated carbocycles. The van der Waals surface area contributed by atoms with Gasteiger partial charge in [-0.1, -0.05) is 115 Å². The SMILES string of the molecule is Nc1ccc2oc3cc(N(c4ccc(-c5ccccc5)cc4)c4cccc5c4c4ccccc4n5-c4ccccc4)ccc3c2c1OCc1ccccc1. The van der Waals surface area contributed by atoms with E-state index in [2.05, 4.69) is 161 Å². The van der Waals surface area contributed by atoms with Crippen LogP contribution in [0.4, 0.5) is 22.7 Å². The van der Waals surface area contributed by atoms with E-state index in [1.807, 2.05) is 36.4 Å². The van der Waals surface area contributed by atoms with Crippen molar-refractivity contribution in [3.63, 3.8) is 0 Å². The molecule has 0 fully saturated rings. The molecule has 8 aromatic carbocycles. The first-order chi connectivity index (χ1) is 26.7. The first kappa shape index (κ1) is 31.5. The molecule has 0 amide bonds. The third-order valence-electron chi connectivity index (χ3n) is 10.3. The highest BCUT2D eigenvalue weighted by molar-refractivity contribution is 6.17. The van der Waals surface area contributed by atoms with Gasteiger partial charge >= 0.3 is 0 Å². The molecule has 10 aromatic rings. The Hall–Kier alpha value is -7.24. The van der Waals surface area contributed by atoms with Gasteiger partial charge in [-0.2, -0.15) is 0 Å². The third kappa shape index (κ3) is 5.33. The molecule has 2 N–H and O–H groups in total. The van der Waals surface area contributed by atoms with Gasteiger partial charge in [0.05, 0.1) is 27.8 Å². The smallest absolute Gasteiger partial charge is 0.154 e. The fourth-order valence-corrected chi connectivity index (χ4v) is 7.77. The minimum absolute atomic E-state index is 0.405. The van der Waals surface area contributed by atoms with E-state index in [1.54, 1.807) is 0 Å². The lowest BCUT2D eigenvalue weighted by Gasteiger charge is -2.27. The van der Waals surface area contributed by atoms with E-state index in [0.29, 0.717) is 18.0 Å². The molecule has 0 atom stereocenters. The number of para-hydroxylation sites is 2. The zero-order valence-corrected chi connectivity index (χ0v) is 29.4. The van der Waals surface area contributed by atoms with Crippen molar-refractivity contribution in [3.8, 4) is 22.6 Å². The molecule has 0 unspecified atom stereocenters. The lowest BCUT2D eigenvalue weighted by molar-refractivity contribution is 0.312. The van der Waals surface area contributed by atoms with Gasteiger partial charge < -0.3 is 24.4 Å². The van der Waals surface area contributed by atoms with Crippen LogP contribution in [0.5, 0.6) is 5.75 Å². The Balaban J connectivity index is 1.17. The summed E-state index contributed by atoms with van der Waals surface area (Å²) in [6.45, 7) is 0.405. The van der Waals surface area contributed by atoms with Crippen LogP contribution < -0.4 is 15.4 Å². The number of nitrogen functional groups attached to an aromatic ring is 1. The molecule has 0 spiro atoms. The van der Waals surface area contributed by atoms with Crippen LogP contribution in [0.3, 0.4) is 0 Å². The van der Waals surface area contributed by atoms with Crippen molar-refractivity contribution in [1.29, 1.82) is 0 Å². The lowest BCUT2D eigenvalue weighted by atomic mass is 10.0. The molecule has 5 nitrogen and oxygen atoms in total. The second-order valence-electron chi connectivity index (χ2n) is 13.5. The summed E-state index contributed by atoms with van der Waals surface area (Å²) in [5.74, 6) is 0.634. The molecule has 0 bridgehead atoms. The summed E-state index contributed by atoms with van der Waals surface area (Å²) in [6, 6.07) is 65.5. The van der Waals surface area contributed by atoms with Gasteiger partial charge in [-0.15, -0.1) is 0 Å². The first-order valence-corrected chi connectivity index (χ1v) is 18.2. The van der Waals surface area contributed by atoms with Crippen LogP contribution >= 0.6 is 0 Å². The predicted octanol–water partition coefficient (Wildman–Crippen LogP) is 13.0. The summed E-state index contributed by atoms with van der Waals surface area (Å²) in [7, 11) is 0. The maximum atomic E-state index is 6.59. The molecule has 0 aliphatic heterocycles. The number of fused-ring (bicyclic) bond motifs is 6. The molecular formula is C49H35N3O2. The van der Waals surface area contributed by atoms with E-state index in [1.165, 1.54) is 10.9 Å². The number of hydrogen-bond donors (Lipinski definition) is 1. The molecule has 0 aliphatic rings. The third-order valence-corrected chi connectivity index (χ3v) is 10.3. The van der Waals surface area contributed by atoms with Crippen molar-refractivity contribution in [3.05, 3.63) is 194 Å². The number of nitrogens with zero attached hydrogens (tertiary/aromatic N) is 2. The molecule has 10 rings (SSSR count). The highest BCUT2D eigenvalue weighted by Crippen LogP contribution is 2.46. The number of aromatic nitrogens is 1.